The lowest BCUT2D eigenvalue weighted by Gasteiger charge is -2.14. The van der Waals surface area contributed by atoms with Crippen molar-refractivity contribution in [3.05, 3.63) is 21.0 Å². The number of hydrogen-bond donors (Lipinski definition) is 2. The summed E-state index contributed by atoms with van der Waals surface area (Å²) >= 11 is 3.38. The molecule has 1 aromatic rings. The molecule has 1 saturated heterocycles. The van der Waals surface area contributed by atoms with Gasteiger partial charge in [-0.05, 0) is 55.5 Å². The van der Waals surface area contributed by atoms with Crippen molar-refractivity contribution in [2.75, 3.05) is 45.6 Å². The van der Waals surface area contributed by atoms with Gasteiger partial charge in [0, 0.05) is 13.1 Å². The molecular weight excluding hydrogens is 322 g/mol. The normalized spacial score (nSPS) is 18.7. The molecule has 112 valence electrons. The smallest absolute Gasteiger partial charge is 0.283 e. The molecule has 7 heteroatoms. The topological polar surface area (TPSA) is 62.2 Å². The fourth-order valence-electron chi connectivity index (χ4n) is 2.19. The molecule has 0 saturated carbocycles. The van der Waals surface area contributed by atoms with E-state index in [-0.39, 0.29) is 5.56 Å². The van der Waals surface area contributed by atoms with E-state index in [1.54, 1.807) is 6.20 Å². The minimum Gasteiger partial charge on any atom is -0.382 e. The van der Waals surface area contributed by atoms with Crippen molar-refractivity contribution >= 4 is 21.6 Å². The molecule has 1 unspecified atom stereocenters. The number of likely N-dealkylation sites (N-methyl/N-ethyl adjacent to an activating group) is 1. The van der Waals surface area contributed by atoms with E-state index in [9.17, 15) is 4.79 Å². The summed E-state index contributed by atoms with van der Waals surface area (Å²) in [6.07, 6.45) is 2.90. The Morgan fingerprint density at radius 2 is 2.40 bits per heavy atom. The molecular formula is C13H22BrN5O. The molecule has 1 fully saturated rings. The summed E-state index contributed by atoms with van der Waals surface area (Å²) in [6.45, 7) is 4.38. The van der Waals surface area contributed by atoms with Gasteiger partial charge in [-0.1, -0.05) is 0 Å². The third-order valence-electron chi connectivity index (χ3n) is 3.49. The van der Waals surface area contributed by atoms with Crippen LogP contribution >= 0.6 is 15.9 Å². The van der Waals surface area contributed by atoms with Gasteiger partial charge in [0.15, 0.2) is 0 Å². The van der Waals surface area contributed by atoms with Crippen LogP contribution in [0.4, 0.5) is 5.69 Å². The summed E-state index contributed by atoms with van der Waals surface area (Å²) in [4.78, 5) is 14.2. The van der Waals surface area contributed by atoms with E-state index in [4.69, 9.17) is 0 Å². The highest BCUT2D eigenvalue weighted by atomic mass is 79.9. The summed E-state index contributed by atoms with van der Waals surface area (Å²) < 4.78 is 2.06. The van der Waals surface area contributed by atoms with E-state index >= 15 is 0 Å². The predicted molar refractivity (Wildman–Crippen MR) is 84.2 cm³/mol. The third-order valence-corrected chi connectivity index (χ3v) is 4.25. The highest BCUT2D eigenvalue weighted by Gasteiger charge is 2.15. The summed E-state index contributed by atoms with van der Waals surface area (Å²) in [5, 5.41) is 10.9. The Labute approximate surface area is 127 Å². The molecule has 0 amide bonds. The van der Waals surface area contributed by atoms with Gasteiger partial charge in [0.1, 0.15) is 4.47 Å². The number of rotatable bonds is 6. The fraction of sp³-hybridized carbons (Fsp3) is 0.692. The molecule has 0 aliphatic carbocycles. The highest BCUT2D eigenvalue weighted by molar-refractivity contribution is 9.10. The molecule has 1 aromatic heterocycles. The molecule has 0 radical (unpaired) electrons. The average Bonchev–Trinajstić information content (AvgIpc) is 2.92. The second kappa shape index (κ2) is 7.19. The van der Waals surface area contributed by atoms with Crippen LogP contribution in [0.15, 0.2) is 15.5 Å². The molecule has 0 spiro atoms. The van der Waals surface area contributed by atoms with Gasteiger partial charge in [-0.3, -0.25) is 4.79 Å². The molecule has 2 N–H and O–H groups in total. The maximum absolute atomic E-state index is 12.2. The first kappa shape index (κ1) is 15.5. The average molecular weight is 344 g/mol. The number of halogens is 1. The highest BCUT2D eigenvalue weighted by Crippen LogP contribution is 2.17. The van der Waals surface area contributed by atoms with Crippen LogP contribution in [-0.4, -0.2) is 55.0 Å². The fourth-order valence-corrected chi connectivity index (χ4v) is 2.63. The summed E-state index contributed by atoms with van der Waals surface area (Å²) in [6, 6.07) is 0. The van der Waals surface area contributed by atoms with E-state index in [1.165, 1.54) is 11.1 Å². The van der Waals surface area contributed by atoms with Gasteiger partial charge in [-0.25, -0.2) is 4.68 Å². The van der Waals surface area contributed by atoms with Gasteiger partial charge in [0.05, 0.1) is 18.4 Å². The Morgan fingerprint density at radius 1 is 1.60 bits per heavy atom. The van der Waals surface area contributed by atoms with E-state index in [1.807, 2.05) is 19.0 Å². The van der Waals surface area contributed by atoms with Gasteiger partial charge in [0.25, 0.3) is 5.56 Å². The molecule has 0 bridgehead atoms. The van der Waals surface area contributed by atoms with Crippen LogP contribution in [0.1, 0.15) is 6.42 Å². The van der Waals surface area contributed by atoms with E-state index in [0.717, 1.165) is 31.9 Å². The number of nitrogens with zero attached hydrogens (tertiary/aromatic N) is 3. The van der Waals surface area contributed by atoms with Crippen molar-refractivity contribution in [2.45, 2.75) is 13.0 Å². The molecule has 1 aliphatic heterocycles. The lowest BCUT2D eigenvalue weighted by molar-refractivity contribution is 0.367. The zero-order valence-electron chi connectivity index (χ0n) is 12.0. The standard InChI is InChI=1S/C13H22BrN5O/c1-18(2)5-6-19-13(20)12(14)11(9-17-19)16-8-10-3-4-15-7-10/h9-10,15-16H,3-8H2,1-2H3. The van der Waals surface area contributed by atoms with Crippen LogP contribution < -0.4 is 16.2 Å². The monoisotopic (exact) mass is 343 g/mol. The zero-order chi connectivity index (χ0) is 14.5. The minimum absolute atomic E-state index is 0.0820. The Hall–Kier alpha value is -0.920. The molecule has 6 nitrogen and oxygen atoms in total. The maximum atomic E-state index is 12.2. The largest absolute Gasteiger partial charge is 0.382 e. The third kappa shape index (κ3) is 4.04. The van der Waals surface area contributed by atoms with Crippen molar-refractivity contribution in [2.24, 2.45) is 5.92 Å². The van der Waals surface area contributed by atoms with Crippen molar-refractivity contribution in [3.8, 4) is 0 Å². The Morgan fingerprint density at radius 3 is 3.05 bits per heavy atom. The van der Waals surface area contributed by atoms with Gasteiger partial charge in [0.2, 0.25) is 0 Å². The zero-order valence-corrected chi connectivity index (χ0v) is 13.6. The number of anilines is 1. The number of aromatic nitrogens is 2. The van der Waals surface area contributed by atoms with Crippen LogP contribution in [0, 0.1) is 5.92 Å². The predicted octanol–water partition coefficient (Wildman–Crippen LogP) is 0.589. The van der Waals surface area contributed by atoms with E-state index in [0.29, 0.717) is 16.9 Å². The number of nitrogens with one attached hydrogen (secondary N) is 2. The Bertz CT molecular complexity index is 496. The van der Waals surface area contributed by atoms with Gasteiger partial charge in [-0.15, -0.1) is 0 Å². The first-order valence-electron chi connectivity index (χ1n) is 6.93. The van der Waals surface area contributed by atoms with Gasteiger partial charge in [-0.2, -0.15) is 5.10 Å². The Balaban J connectivity index is 2.00. The van der Waals surface area contributed by atoms with Crippen LogP contribution in [-0.2, 0) is 6.54 Å². The molecule has 1 atom stereocenters. The lowest BCUT2D eigenvalue weighted by Crippen LogP contribution is -2.29. The van der Waals surface area contributed by atoms with Crippen LogP contribution in [0.3, 0.4) is 0 Å². The first-order valence-corrected chi connectivity index (χ1v) is 7.72. The van der Waals surface area contributed by atoms with Crippen molar-refractivity contribution in [3.63, 3.8) is 0 Å². The lowest BCUT2D eigenvalue weighted by atomic mass is 10.1. The van der Waals surface area contributed by atoms with Crippen molar-refractivity contribution in [1.29, 1.82) is 0 Å². The van der Waals surface area contributed by atoms with E-state index < -0.39 is 0 Å². The second-order valence-corrected chi connectivity index (χ2v) is 6.24. The molecule has 2 heterocycles. The van der Waals surface area contributed by atoms with Gasteiger partial charge < -0.3 is 15.5 Å². The van der Waals surface area contributed by atoms with Crippen LogP contribution in [0.25, 0.3) is 0 Å². The van der Waals surface area contributed by atoms with Gasteiger partial charge >= 0.3 is 0 Å². The molecule has 20 heavy (non-hydrogen) atoms. The summed E-state index contributed by atoms with van der Waals surface area (Å²) in [7, 11) is 3.96. The summed E-state index contributed by atoms with van der Waals surface area (Å²) in [5.74, 6) is 0.623. The minimum atomic E-state index is -0.0820. The van der Waals surface area contributed by atoms with E-state index in [2.05, 4.69) is 31.7 Å². The molecule has 0 aromatic carbocycles. The Kier molecular flexibility index (Phi) is 5.56. The SMILES string of the molecule is CN(C)CCn1ncc(NCC2CCNC2)c(Br)c1=O. The van der Waals surface area contributed by atoms with Crippen LogP contribution in [0.5, 0.6) is 0 Å². The maximum Gasteiger partial charge on any atom is 0.283 e. The quantitative estimate of drug-likeness (QED) is 0.791. The molecule has 1 aliphatic rings. The first-order chi connectivity index (χ1) is 9.58. The van der Waals surface area contributed by atoms with Crippen molar-refractivity contribution in [1.82, 2.24) is 20.0 Å². The van der Waals surface area contributed by atoms with Crippen LogP contribution in [0.2, 0.25) is 0 Å². The number of hydrogen-bond acceptors (Lipinski definition) is 5. The van der Waals surface area contributed by atoms with Crippen molar-refractivity contribution < 1.29 is 0 Å². The summed E-state index contributed by atoms with van der Waals surface area (Å²) in [5.41, 5.74) is 0.699. The molecule has 2 rings (SSSR count). The second-order valence-electron chi connectivity index (χ2n) is 5.44.